The van der Waals surface area contributed by atoms with Gasteiger partial charge in [-0.1, -0.05) is 12.1 Å². The zero-order valence-corrected chi connectivity index (χ0v) is 10.6. The van der Waals surface area contributed by atoms with Crippen LogP contribution in [0.4, 0.5) is 4.39 Å². The van der Waals surface area contributed by atoms with Crippen LogP contribution in [0.25, 0.3) is 0 Å². The highest BCUT2D eigenvalue weighted by Gasteiger charge is 2.21. The highest BCUT2D eigenvalue weighted by Crippen LogP contribution is 2.28. The van der Waals surface area contributed by atoms with E-state index in [1.54, 1.807) is 19.2 Å². The molecule has 1 fully saturated rings. The van der Waals surface area contributed by atoms with Crippen molar-refractivity contribution in [3.8, 4) is 0 Å². The fourth-order valence-electron chi connectivity index (χ4n) is 1.68. The van der Waals surface area contributed by atoms with Crippen molar-refractivity contribution in [2.45, 2.75) is 12.8 Å². The lowest BCUT2D eigenvalue weighted by Crippen LogP contribution is -2.31. The highest BCUT2D eigenvalue weighted by atomic mass is 19.1. The second-order valence-corrected chi connectivity index (χ2v) is 4.72. The predicted octanol–water partition coefficient (Wildman–Crippen LogP) is 2.32. The van der Waals surface area contributed by atoms with Crippen LogP contribution in [0, 0.1) is 11.7 Å². The molecule has 0 bridgehead atoms. The molecule has 0 atom stereocenters. The Bertz CT molecular complexity index is 418. The summed E-state index contributed by atoms with van der Waals surface area (Å²) in [5, 5.41) is 0. The van der Waals surface area contributed by atoms with E-state index in [2.05, 4.69) is 0 Å². The molecule has 1 aromatic carbocycles. The number of halogens is 1. The van der Waals surface area contributed by atoms with Crippen molar-refractivity contribution in [1.82, 2.24) is 4.90 Å². The van der Waals surface area contributed by atoms with Crippen molar-refractivity contribution in [2.24, 2.45) is 5.92 Å². The van der Waals surface area contributed by atoms with E-state index in [-0.39, 0.29) is 11.5 Å². The van der Waals surface area contributed by atoms with Crippen LogP contribution in [-0.4, -0.2) is 37.6 Å². The zero-order valence-electron chi connectivity index (χ0n) is 10.6. The third kappa shape index (κ3) is 3.53. The Labute approximate surface area is 107 Å². The fourth-order valence-corrected chi connectivity index (χ4v) is 1.68. The van der Waals surface area contributed by atoms with Crippen LogP contribution in [-0.2, 0) is 4.74 Å². The lowest BCUT2D eigenvalue weighted by molar-refractivity contribution is 0.0677. The van der Waals surface area contributed by atoms with E-state index in [0.717, 1.165) is 12.5 Å². The van der Waals surface area contributed by atoms with Gasteiger partial charge in [-0.3, -0.25) is 4.79 Å². The van der Waals surface area contributed by atoms with Crippen molar-refractivity contribution in [1.29, 1.82) is 0 Å². The Morgan fingerprint density at radius 3 is 2.83 bits per heavy atom. The molecule has 2 rings (SSSR count). The number of ether oxygens (including phenoxy) is 1. The van der Waals surface area contributed by atoms with E-state index in [1.807, 2.05) is 0 Å². The Balaban J connectivity index is 1.78. The molecular weight excluding hydrogens is 233 g/mol. The van der Waals surface area contributed by atoms with Crippen LogP contribution in [0.2, 0.25) is 0 Å². The molecule has 0 aliphatic heterocycles. The van der Waals surface area contributed by atoms with E-state index < -0.39 is 5.82 Å². The number of hydrogen-bond donors (Lipinski definition) is 0. The minimum atomic E-state index is -0.478. The van der Waals surface area contributed by atoms with Gasteiger partial charge in [0.2, 0.25) is 0 Å². The first-order valence-corrected chi connectivity index (χ1v) is 6.26. The molecule has 0 saturated heterocycles. The van der Waals surface area contributed by atoms with Gasteiger partial charge in [-0.05, 0) is 30.9 Å². The number of hydrogen-bond acceptors (Lipinski definition) is 2. The molecule has 0 unspecified atom stereocenters. The van der Waals surface area contributed by atoms with Gasteiger partial charge < -0.3 is 9.64 Å². The maximum absolute atomic E-state index is 13.4. The van der Waals surface area contributed by atoms with Crippen molar-refractivity contribution < 1.29 is 13.9 Å². The zero-order chi connectivity index (χ0) is 13.0. The van der Waals surface area contributed by atoms with Crippen molar-refractivity contribution >= 4 is 5.91 Å². The van der Waals surface area contributed by atoms with E-state index in [9.17, 15) is 9.18 Å². The summed E-state index contributed by atoms with van der Waals surface area (Å²) in [6.07, 6.45) is 2.51. The number of carbonyl (C=O) groups is 1. The average molecular weight is 251 g/mol. The Kier molecular flexibility index (Phi) is 4.31. The molecule has 4 heteroatoms. The Morgan fingerprint density at radius 1 is 1.44 bits per heavy atom. The molecule has 1 aliphatic rings. The average Bonchev–Trinajstić information content (AvgIpc) is 3.18. The van der Waals surface area contributed by atoms with Gasteiger partial charge >= 0.3 is 0 Å². The first-order chi connectivity index (χ1) is 8.68. The van der Waals surface area contributed by atoms with Crippen molar-refractivity contribution in [3.05, 3.63) is 35.6 Å². The maximum Gasteiger partial charge on any atom is 0.256 e. The largest absolute Gasteiger partial charge is 0.379 e. The molecule has 1 aliphatic carbocycles. The minimum absolute atomic E-state index is 0.113. The number of carbonyl (C=O) groups excluding carboxylic acids is 1. The van der Waals surface area contributed by atoms with Gasteiger partial charge in [0, 0.05) is 20.2 Å². The summed E-state index contributed by atoms with van der Waals surface area (Å²) >= 11 is 0. The van der Waals surface area contributed by atoms with Crippen LogP contribution >= 0.6 is 0 Å². The minimum Gasteiger partial charge on any atom is -0.379 e. The monoisotopic (exact) mass is 251 g/mol. The second-order valence-electron chi connectivity index (χ2n) is 4.72. The van der Waals surface area contributed by atoms with Crippen LogP contribution in [0.1, 0.15) is 23.2 Å². The molecule has 0 aromatic heterocycles. The third-order valence-electron chi connectivity index (χ3n) is 3.07. The summed E-state index contributed by atoms with van der Waals surface area (Å²) in [5.74, 6) is -0.0612. The van der Waals surface area contributed by atoms with Crippen LogP contribution < -0.4 is 0 Å². The predicted molar refractivity (Wildman–Crippen MR) is 66.9 cm³/mol. The SMILES string of the molecule is CN(CCOCC1CC1)C(=O)c1ccccc1F. The summed E-state index contributed by atoms with van der Waals surface area (Å²) < 4.78 is 18.9. The Morgan fingerprint density at radius 2 is 2.17 bits per heavy atom. The third-order valence-corrected chi connectivity index (χ3v) is 3.07. The summed E-state index contributed by atoms with van der Waals surface area (Å²) in [6, 6.07) is 6.03. The maximum atomic E-state index is 13.4. The smallest absolute Gasteiger partial charge is 0.256 e. The molecule has 1 amide bonds. The van der Waals surface area contributed by atoms with Crippen LogP contribution in [0.15, 0.2) is 24.3 Å². The summed E-state index contributed by atoms with van der Waals surface area (Å²) in [5.41, 5.74) is 0.113. The lowest BCUT2D eigenvalue weighted by Gasteiger charge is -2.17. The molecule has 3 nitrogen and oxygen atoms in total. The molecular formula is C14H18FNO2. The summed E-state index contributed by atoms with van der Waals surface area (Å²) in [7, 11) is 1.66. The van der Waals surface area contributed by atoms with Crippen molar-refractivity contribution in [2.75, 3.05) is 26.8 Å². The fraction of sp³-hybridized carbons (Fsp3) is 0.500. The number of amides is 1. The van der Waals surface area contributed by atoms with E-state index in [1.165, 1.54) is 29.9 Å². The van der Waals surface area contributed by atoms with Gasteiger partial charge in [-0.2, -0.15) is 0 Å². The molecule has 0 spiro atoms. The number of rotatable bonds is 6. The summed E-state index contributed by atoms with van der Waals surface area (Å²) in [6.45, 7) is 1.77. The molecule has 0 heterocycles. The van der Waals surface area contributed by atoms with Crippen LogP contribution in [0.5, 0.6) is 0 Å². The lowest BCUT2D eigenvalue weighted by atomic mass is 10.2. The number of likely N-dealkylation sites (N-methyl/N-ethyl adjacent to an activating group) is 1. The number of benzene rings is 1. The van der Waals surface area contributed by atoms with Gasteiger partial charge in [-0.25, -0.2) is 4.39 Å². The van der Waals surface area contributed by atoms with E-state index >= 15 is 0 Å². The highest BCUT2D eigenvalue weighted by molar-refractivity contribution is 5.94. The van der Waals surface area contributed by atoms with E-state index in [4.69, 9.17) is 4.74 Å². The quantitative estimate of drug-likeness (QED) is 0.726. The van der Waals surface area contributed by atoms with Gasteiger partial charge in [0.1, 0.15) is 5.82 Å². The van der Waals surface area contributed by atoms with Gasteiger partial charge in [0.15, 0.2) is 0 Å². The molecule has 18 heavy (non-hydrogen) atoms. The normalized spacial score (nSPS) is 14.6. The first kappa shape index (κ1) is 13.0. The molecule has 1 saturated carbocycles. The second kappa shape index (κ2) is 5.96. The first-order valence-electron chi connectivity index (χ1n) is 6.26. The molecule has 98 valence electrons. The molecule has 1 aromatic rings. The van der Waals surface area contributed by atoms with E-state index in [0.29, 0.717) is 13.2 Å². The molecule has 0 N–H and O–H groups in total. The van der Waals surface area contributed by atoms with Gasteiger partial charge in [-0.15, -0.1) is 0 Å². The molecule has 0 radical (unpaired) electrons. The topological polar surface area (TPSA) is 29.5 Å². The van der Waals surface area contributed by atoms with Gasteiger partial charge in [0.05, 0.1) is 12.2 Å². The Hall–Kier alpha value is -1.42. The summed E-state index contributed by atoms with van der Waals surface area (Å²) in [4.78, 5) is 13.4. The van der Waals surface area contributed by atoms with Gasteiger partial charge in [0.25, 0.3) is 5.91 Å². The number of nitrogens with zero attached hydrogens (tertiary/aromatic N) is 1. The van der Waals surface area contributed by atoms with Crippen LogP contribution in [0.3, 0.4) is 0 Å². The standard InChI is InChI=1S/C14H18FNO2/c1-16(8-9-18-10-11-6-7-11)14(17)12-4-2-3-5-13(12)15/h2-5,11H,6-10H2,1H3. The van der Waals surface area contributed by atoms with Crippen molar-refractivity contribution in [3.63, 3.8) is 0 Å².